The van der Waals surface area contributed by atoms with Crippen LogP contribution in [0.5, 0.6) is 0 Å². The average Bonchev–Trinajstić information content (AvgIpc) is 3.02. The van der Waals surface area contributed by atoms with E-state index >= 15 is 4.39 Å². The lowest BCUT2D eigenvalue weighted by Crippen LogP contribution is -2.34. The molecule has 3 aromatic rings. The smallest absolute Gasteiger partial charge is 0.225 e. The number of halogens is 3. The molecule has 0 saturated carbocycles. The molecule has 0 aliphatic carbocycles. The number of amides is 1. The Morgan fingerprint density at radius 2 is 1.94 bits per heavy atom. The molecule has 1 heterocycles. The lowest BCUT2D eigenvalue weighted by molar-refractivity contribution is -0.128. The van der Waals surface area contributed by atoms with Crippen LogP contribution in [0.1, 0.15) is 33.3 Å². The molecule has 3 rings (SSSR count). The lowest BCUT2D eigenvalue weighted by atomic mass is 9.95. The highest BCUT2D eigenvalue weighted by Crippen LogP contribution is 2.34. The number of nitrogens with one attached hydrogen (secondary N) is 2. The van der Waals surface area contributed by atoms with Gasteiger partial charge in [-0.1, -0.05) is 50.0 Å². The summed E-state index contributed by atoms with van der Waals surface area (Å²) in [6.07, 6.45) is -0.522. The van der Waals surface area contributed by atoms with Crippen LogP contribution in [0.3, 0.4) is 0 Å². The van der Waals surface area contributed by atoms with E-state index in [4.69, 9.17) is 23.2 Å². The van der Waals surface area contributed by atoms with E-state index in [0.717, 1.165) is 11.2 Å². The van der Waals surface area contributed by atoms with Crippen LogP contribution in [-0.4, -0.2) is 40.3 Å². The first-order chi connectivity index (χ1) is 15.8. The van der Waals surface area contributed by atoms with E-state index in [1.54, 1.807) is 57.5 Å². The molecule has 184 valence electrons. The quantitative estimate of drug-likeness (QED) is 0.405. The largest absolute Gasteiger partial charge is 0.392 e. The minimum absolute atomic E-state index is 0.0326. The van der Waals surface area contributed by atoms with Crippen molar-refractivity contribution in [2.45, 2.75) is 40.3 Å². The van der Waals surface area contributed by atoms with Gasteiger partial charge in [0, 0.05) is 38.2 Å². The van der Waals surface area contributed by atoms with Crippen LogP contribution in [0, 0.1) is 11.2 Å². The zero-order chi connectivity index (χ0) is 25.4. The van der Waals surface area contributed by atoms with E-state index < -0.39 is 17.3 Å². The third-order valence-electron chi connectivity index (χ3n) is 5.43. The highest BCUT2D eigenvalue weighted by Gasteiger charge is 2.22. The number of aromatic nitrogens is 2. The molecular formula is C24H30Cl2FN5O2. The maximum atomic E-state index is 15.3. The number of benzene rings is 2. The van der Waals surface area contributed by atoms with E-state index in [9.17, 15) is 9.90 Å². The number of anilines is 3. The van der Waals surface area contributed by atoms with Crippen molar-refractivity contribution < 1.29 is 14.3 Å². The second-order valence-corrected chi connectivity index (χ2v) is 10.3. The summed E-state index contributed by atoms with van der Waals surface area (Å²) in [6, 6.07) is 6.72. The molecule has 0 saturated heterocycles. The second-order valence-electron chi connectivity index (χ2n) is 9.47. The Kier molecular flexibility index (Phi) is 7.65. The summed E-state index contributed by atoms with van der Waals surface area (Å²) in [5.74, 6) is -0.373. The molecule has 0 fully saturated rings. The van der Waals surface area contributed by atoms with Gasteiger partial charge >= 0.3 is 0 Å². The molecule has 7 nitrogen and oxygen atoms in total. The number of hydrogen-bond acceptors (Lipinski definition) is 5. The van der Waals surface area contributed by atoms with Crippen molar-refractivity contribution in [2.75, 3.05) is 23.8 Å². The highest BCUT2D eigenvalue weighted by molar-refractivity contribution is 6.34. The fraction of sp³-hybridized carbons (Fsp3) is 0.417. The molecule has 0 aliphatic heterocycles. The number of aryl methyl sites for hydroxylation is 1. The monoisotopic (exact) mass is 509 g/mol. The molecule has 0 spiro atoms. The fourth-order valence-corrected chi connectivity index (χ4v) is 4.00. The van der Waals surface area contributed by atoms with Crippen molar-refractivity contribution in [3.63, 3.8) is 0 Å². The fourth-order valence-electron chi connectivity index (χ4n) is 3.50. The number of carbonyl (C=O) groups excluding carboxylic acids is 1. The van der Waals surface area contributed by atoms with Gasteiger partial charge in [0.2, 0.25) is 11.9 Å². The predicted octanol–water partition coefficient (Wildman–Crippen LogP) is 5.24. The van der Waals surface area contributed by atoms with E-state index in [0.29, 0.717) is 28.6 Å². The minimum atomic E-state index is -0.583. The van der Waals surface area contributed by atoms with Gasteiger partial charge in [0.15, 0.2) is 5.82 Å². The molecule has 10 heteroatoms. The molecule has 0 radical (unpaired) electrons. The van der Waals surface area contributed by atoms with Crippen LogP contribution in [0.25, 0.3) is 11.0 Å². The van der Waals surface area contributed by atoms with Gasteiger partial charge in [-0.3, -0.25) is 4.79 Å². The third-order valence-corrected chi connectivity index (χ3v) is 6.04. The Morgan fingerprint density at radius 3 is 2.56 bits per heavy atom. The summed E-state index contributed by atoms with van der Waals surface area (Å²) in [7, 11) is 3.64. The average molecular weight is 510 g/mol. The molecular weight excluding hydrogens is 480 g/mol. The van der Waals surface area contributed by atoms with Gasteiger partial charge in [-0.05, 0) is 25.1 Å². The van der Waals surface area contributed by atoms with Crippen LogP contribution in [0.15, 0.2) is 24.3 Å². The molecule has 3 N–H and O–H groups in total. The van der Waals surface area contributed by atoms with E-state index in [2.05, 4.69) is 15.6 Å². The Balaban J connectivity index is 1.93. The van der Waals surface area contributed by atoms with Crippen molar-refractivity contribution in [3.8, 4) is 0 Å². The number of rotatable bonds is 7. The molecule has 1 unspecified atom stereocenters. The minimum Gasteiger partial charge on any atom is -0.392 e. The normalized spacial score (nSPS) is 12.6. The van der Waals surface area contributed by atoms with Crippen LogP contribution < -0.4 is 15.5 Å². The van der Waals surface area contributed by atoms with Gasteiger partial charge in [-0.2, -0.15) is 0 Å². The van der Waals surface area contributed by atoms with Crippen molar-refractivity contribution in [1.29, 1.82) is 0 Å². The van der Waals surface area contributed by atoms with Crippen molar-refractivity contribution in [1.82, 2.24) is 14.9 Å². The number of likely N-dealkylation sites (N-methyl/N-ethyl adjacent to an activating group) is 1. The summed E-state index contributed by atoms with van der Waals surface area (Å²) in [4.78, 5) is 18.6. The summed E-state index contributed by atoms with van der Waals surface area (Å²) < 4.78 is 17.1. The first kappa shape index (κ1) is 26.1. The van der Waals surface area contributed by atoms with E-state index in [1.165, 1.54) is 0 Å². The van der Waals surface area contributed by atoms with Crippen LogP contribution in [-0.2, 0) is 18.4 Å². The number of imidazole rings is 1. The van der Waals surface area contributed by atoms with Gasteiger partial charge in [0.1, 0.15) is 0 Å². The maximum Gasteiger partial charge on any atom is 0.225 e. The maximum absolute atomic E-state index is 15.3. The van der Waals surface area contributed by atoms with E-state index in [1.807, 2.05) is 18.0 Å². The summed E-state index contributed by atoms with van der Waals surface area (Å²) in [6.45, 7) is 7.52. The van der Waals surface area contributed by atoms with Gasteiger partial charge in [-0.25, -0.2) is 9.37 Å². The number of aliphatic hydroxyl groups excluding tert-OH is 1. The number of carbonyl (C=O) groups is 1. The zero-order valence-electron chi connectivity index (χ0n) is 20.1. The molecule has 1 atom stereocenters. The molecule has 34 heavy (non-hydrogen) atoms. The summed E-state index contributed by atoms with van der Waals surface area (Å²) >= 11 is 12.8. The zero-order valence-corrected chi connectivity index (χ0v) is 21.6. The summed E-state index contributed by atoms with van der Waals surface area (Å²) in [5, 5.41) is 16.1. The van der Waals surface area contributed by atoms with Crippen LogP contribution in [0.4, 0.5) is 21.7 Å². The van der Waals surface area contributed by atoms with Crippen LogP contribution in [0.2, 0.25) is 10.0 Å². The molecule has 1 aromatic heterocycles. The lowest BCUT2D eigenvalue weighted by Gasteiger charge is -2.22. The van der Waals surface area contributed by atoms with Gasteiger partial charge in [0.25, 0.3) is 0 Å². The molecule has 2 aromatic carbocycles. The number of hydrogen-bond donors (Lipinski definition) is 3. The first-order valence-corrected chi connectivity index (χ1v) is 11.6. The summed E-state index contributed by atoms with van der Waals surface area (Å²) in [5.41, 5.74) is 1.91. The van der Waals surface area contributed by atoms with Crippen molar-refractivity contribution in [2.24, 2.45) is 12.5 Å². The second kappa shape index (κ2) is 9.98. The number of aliphatic hydroxyl groups is 1. The van der Waals surface area contributed by atoms with Crippen molar-refractivity contribution >= 4 is 57.5 Å². The Morgan fingerprint density at radius 1 is 1.26 bits per heavy atom. The highest BCUT2D eigenvalue weighted by atomic mass is 35.5. The third kappa shape index (κ3) is 5.56. The predicted molar refractivity (Wildman–Crippen MR) is 137 cm³/mol. The Labute approximate surface area is 208 Å². The SMILES string of the molecule is CC(O)CN(C)c1cc2c(cc1Cl)nc(Nc1c(Cl)ccc(CNC(=O)C(C)(C)C)c1F)n2C. The van der Waals surface area contributed by atoms with Gasteiger partial charge < -0.3 is 25.2 Å². The van der Waals surface area contributed by atoms with E-state index in [-0.39, 0.29) is 23.2 Å². The first-order valence-electron chi connectivity index (χ1n) is 10.9. The number of nitrogens with zero attached hydrogens (tertiary/aromatic N) is 3. The number of fused-ring (bicyclic) bond motifs is 1. The molecule has 1 amide bonds. The molecule has 0 bridgehead atoms. The topological polar surface area (TPSA) is 82.4 Å². The van der Waals surface area contributed by atoms with Gasteiger partial charge in [-0.15, -0.1) is 0 Å². The Hall–Kier alpha value is -2.55. The standard InChI is InChI=1S/C24H30Cl2FN5O2/c1-13(33)12-31(5)18-10-19-17(9-16(18)26)29-23(32(19)6)30-21-15(25)8-7-14(20(21)27)11-28-22(34)24(2,3)4/h7-10,13,33H,11-12H2,1-6H3,(H,28,34)(H,29,30). The Bertz CT molecular complexity index is 1220. The van der Waals surface area contributed by atoms with Crippen LogP contribution >= 0.6 is 23.2 Å². The van der Waals surface area contributed by atoms with Gasteiger partial charge in [0.05, 0.1) is 38.6 Å². The molecule has 0 aliphatic rings. The van der Waals surface area contributed by atoms with Crippen molar-refractivity contribution in [3.05, 3.63) is 45.7 Å².